The summed E-state index contributed by atoms with van der Waals surface area (Å²) in [5.41, 5.74) is 1.86. The van der Waals surface area contributed by atoms with E-state index in [1.807, 2.05) is 30.3 Å². The van der Waals surface area contributed by atoms with Crippen LogP contribution in [0.25, 0.3) is 5.76 Å². The average Bonchev–Trinajstić information content (AvgIpc) is 3.12. The van der Waals surface area contributed by atoms with Crippen LogP contribution in [-0.4, -0.2) is 34.8 Å². The Morgan fingerprint density at radius 2 is 1.76 bits per heavy atom. The zero-order chi connectivity index (χ0) is 24.1. The molecule has 1 unspecified atom stereocenters. The number of halogens is 1. The summed E-state index contributed by atoms with van der Waals surface area (Å²) in [5.74, 6) is -1.74. The van der Waals surface area contributed by atoms with Crippen molar-refractivity contribution >= 4 is 17.4 Å². The molecular formula is C28H24FNO4. The lowest BCUT2D eigenvalue weighted by molar-refractivity contribution is -0.139. The topological polar surface area (TPSA) is 66.8 Å². The lowest BCUT2D eigenvalue weighted by Gasteiger charge is -2.25. The van der Waals surface area contributed by atoms with Gasteiger partial charge in [-0.05, 0) is 53.9 Å². The quantitative estimate of drug-likeness (QED) is 0.222. The highest BCUT2D eigenvalue weighted by molar-refractivity contribution is 6.46. The lowest BCUT2D eigenvalue weighted by atomic mass is 9.95. The van der Waals surface area contributed by atoms with Crippen LogP contribution in [0.15, 0.2) is 97.1 Å². The number of carbonyl (C=O) groups excluding carboxylic acids is 2. The summed E-state index contributed by atoms with van der Waals surface area (Å²) in [6, 6.07) is 21.0. The van der Waals surface area contributed by atoms with Gasteiger partial charge < -0.3 is 14.7 Å². The summed E-state index contributed by atoms with van der Waals surface area (Å²) >= 11 is 0. The molecule has 0 spiro atoms. The smallest absolute Gasteiger partial charge is 0.295 e. The highest BCUT2D eigenvalue weighted by Crippen LogP contribution is 2.40. The molecule has 1 atom stereocenters. The highest BCUT2D eigenvalue weighted by atomic mass is 19.1. The number of ketones is 1. The molecule has 34 heavy (non-hydrogen) atoms. The maximum absolute atomic E-state index is 13.4. The minimum atomic E-state index is -0.818. The van der Waals surface area contributed by atoms with Gasteiger partial charge in [-0.1, -0.05) is 55.1 Å². The fourth-order valence-electron chi connectivity index (χ4n) is 4.04. The number of ether oxygens (including phenoxy) is 1. The Bertz CT molecular complexity index is 1230. The molecule has 0 radical (unpaired) electrons. The summed E-state index contributed by atoms with van der Waals surface area (Å²) in [6.45, 7) is 4.22. The minimum Gasteiger partial charge on any atom is -0.507 e. The maximum Gasteiger partial charge on any atom is 0.295 e. The highest BCUT2D eigenvalue weighted by Gasteiger charge is 2.45. The summed E-state index contributed by atoms with van der Waals surface area (Å²) < 4.78 is 19.1. The van der Waals surface area contributed by atoms with Gasteiger partial charge in [0.05, 0.1) is 11.6 Å². The van der Waals surface area contributed by atoms with Crippen LogP contribution < -0.4 is 4.74 Å². The molecule has 1 amide bonds. The van der Waals surface area contributed by atoms with E-state index in [4.69, 9.17) is 4.74 Å². The van der Waals surface area contributed by atoms with Crippen LogP contribution in [0.4, 0.5) is 4.39 Å². The van der Waals surface area contributed by atoms with Gasteiger partial charge in [-0.15, -0.1) is 0 Å². The molecule has 1 heterocycles. The number of hydrogen-bond donors (Lipinski definition) is 1. The number of carbonyl (C=O) groups is 2. The summed E-state index contributed by atoms with van der Waals surface area (Å²) in [7, 11) is 0. The van der Waals surface area contributed by atoms with Crippen molar-refractivity contribution in [3.05, 3.63) is 120 Å². The van der Waals surface area contributed by atoms with Gasteiger partial charge in [0.1, 0.15) is 23.9 Å². The summed E-state index contributed by atoms with van der Waals surface area (Å²) in [4.78, 5) is 27.7. The van der Waals surface area contributed by atoms with Gasteiger partial charge >= 0.3 is 0 Å². The van der Waals surface area contributed by atoms with E-state index in [1.54, 1.807) is 30.3 Å². The third-order valence-corrected chi connectivity index (χ3v) is 5.68. The Balaban J connectivity index is 1.78. The molecule has 5 nitrogen and oxygen atoms in total. The van der Waals surface area contributed by atoms with E-state index < -0.39 is 23.5 Å². The molecule has 3 aromatic rings. The van der Waals surface area contributed by atoms with Crippen molar-refractivity contribution in [3.8, 4) is 5.75 Å². The predicted octanol–water partition coefficient (Wildman–Crippen LogP) is 5.05. The number of rotatable bonds is 8. The van der Waals surface area contributed by atoms with Crippen LogP contribution in [0, 0.1) is 5.82 Å². The van der Waals surface area contributed by atoms with E-state index in [1.165, 1.54) is 29.2 Å². The molecule has 3 aromatic carbocycles. The van der Waals surface area contributed by atoms with E-state index in [2.05, 4.69) is 6.58 Å². The molecule has 1 aliphatic heterocycles. The second-order valence-electron chi connectivity index (χ2n) is 7.91. The number of amides is 1. The number of Topliss-reactive ketones (excluding diaryl/α,β-unsaturated/α-hetero) is 1. The van der Waals surface area contributed by atoms with E-state index in [9.17, 15) is 19.1 Å². The van der Waals surface area contributed by atoms with E-state index >= 15 is 0 Å². The van der Waals surface area contributed by atoms with Gasteiger partial charge in [-0.2, -0.15) is 0 Å². The van der Waals surface area contributed by atoms with Gasteiger partial charge in [0, 0.05) is 12.1 Å². The fraction of sp³-hybridized carbons (Fsp3) is 0.143. The van der Waals surface area contributed by atoms with Gasteiger partial charge in [0.15, 0.2) is 0 Å². The Morgan fingerprint density at radius 1 is 1.03 bits per heavy atom. The van der Waals surface area contributed by atoms with Gasteiger partial charge in [-0.25, -0.2) is 4.39 Å². The number of benzene rings is 3. The lowest BCUT2D eigenvalue weighted by Crippen LogP contribution is -2.31. The molecule has 0 aromatic heterocycles. The SMILES string of the molecule is C=CCOc1cccc(C2/C(=C(\O)c3ccc(F)cc3)C(=O)C(=O)N2CCc2ccccc2)c1. The number of hydrogen-bond acceptors (Lipinski definition) is 4. The molecule has 4 rings (SSSR count). The molecule has 1 aliphatic rings. The normalized spacial score (nSPS) is 17.1. The van der Waals surface area contributed by atoms with Crippen LogP contribution in [-0.2, 0) is 16.0 Å². The van der Waals surface area contributed by atoms with E-state index in [0.717, 1.165) is 5.56 Å². The number of nitrogens with zero attached hydrogens (tertiary/aromatic N) is 1. The van der Waals surface area contributed by atoms with Crippen LogP contribution in [0.1, 0.15) is 22.7 Å². The Morgan fingerprint density at radius 3 is 2.47 bits per heavy atom. The largest absolute Gasteiger partial charge is 0.507 e. The van der Waals surface area contributed by atoms with E-state index in [0.29, 0.717) is 24.3 Å². The monoisotopic (exact) mass is 457 g/mol. The van der Waals surface area contributed by atoms with Crippen LogP contribution in [0.2, 0.25) is 0 Å². The Hall–Kier alpha value is -4.19. The van der Waals surface area contributed by atoms with Gasteiger partial charge in [0.2, 0.25) is 0 Å². The molecule has 172 valence electrons. The zero-order valence-corrected chi connectivity index (χ0v) is 18.5. The maximum atomic E-state index is 13.4. The molecule has 1 fully saturated rings. The fourth-order valence-corrected chi connectivity index (χ4v) is 4.04. The van der Waals surface area contributed by atoms with Crippen LogP contribution >= 0.6 is 0 Å². The second-order valence-corrected chi connectivity index (χ2v) is 7.91. The van der Waals surface area contributed by atoms with E-state index in [-0.39, 0.29) is 23.4 Å². The van der Waals surface area contributed by atoms with Crippen molar-refractivity contribution in [2.75, 3.05) is 13.2 Å². The summed E-state index contributed by atoms with van der Waals surface area (Å²) in [6.07, 6.45) is 2.15. The predicted molar refractivity (Wildman–Crippen MR) is 128 cm³/mol. The molecular weight excluding hydrogens is 433 g/mol. The van der Waals surface area contributed by atoms with Crippen molar-refractivity contribution in [1.29, 1.82) is 0 Å². The molecule has 0 aliphatic carbocycles. The van der Waals surface area contributed by atoms with Crippen molar-refractivity contribution in [2.24, 2.45) is 0 Å². The molecule has 6 heteroatoms. The van der Waals surface area contributed by atoms with Crippen molar-refractivity contribution < 1.29 is 23.8 Å². The first-order valence-electron chi connectivity index (χ1n) is 10.9. The van der Waals surface area contributed by atoms with Crippen LogP contribution in [0.3, 0.4) is 0 Å². The van der Waals surface area contributed by atoms with Crippen molar-refractivity contribution in [2.45, 2.75) is 12.5 Å². The molecule has 0 bridgehead atoms. The van der Waals surface area contributed by atoms with Gasteiger partial charge in [0.25, 0.3) is 11.7 Å². The number of aliphatic hydroxyl groups excluding tert-OH is 1. The standard InChI is InChI=1S/C28H24FNO4/c1-2-17-34-23-10-6-9-21(18-23)25-24(26(31)20-11-13-22(29)14-12-20)27(32)28(33)30(25)16-15-19-7-4-3-5-8-19/h2-14,18,25,31H,1,15-17H2/b26-24+. The first-order valence-corrected chi connectivity index (χ1v) is 10.9. The third kappa shape index (κ3) is 4.76. The van der Waals surface area contributed by atoms with Crippen LogP contribution in [0.5, 0.6) is 5.75 Å². The zero-order valence-electron chi connectivity index (χ0n) is 18.5. The molecule has 1 saturated heterocycles. The van der Waals surface area contributed by atoms with Crippen molar-refractivity contribution in [3.63, 3.8) is 0 Å². The first-order chi connectivity index (χ1) is 16.5. The second kappa shape index (κ2) is 10.2. The minimum absolute atomic E-state index is 0.0365. The molecule has 1 N–H and O–H groups in total. The Kier molecular flexibility index (Phi) is 6.87. The van der Waals surface area contributed by atoms with Gasteiger partial charge in [-0.3, -0.25) is 9.59 Å². The number of likely N-dealkylation sites (tertiary alicyclic amines) is 1. The first kappa shape index (κ1) is 23.0. The Labute approximate surface area is 197 Å². The number of aliphatic hydroxyl groups is 1. The summed E-state index contributed by atoms with van der Waals surface area (Å²) in [5, 5.41) is 11.1. The average molecular weight is 458 g/mol. The molecule has 0 saturated carbocycles. The third-order valence-electron chi connectivity index (χ3n) is 5.68. The van der Waals surface area contributed by atoms with Crippen molar-refractivity contribution in [1.82, 2.24) is 4.90 Å².